The van der Waals surface area contributed by atoms with Crippen molar-refractivity contribution in [2.45, 2.75) is 43.1 Å². The van der Waals surface area contributed by atoms with Crippen LogP contribution in [0.5, 0.6) is 0 Å². The Kier molecular flexibility index (Phi) is 8.75. The molecule has 3 heteroatoms. The molecule has 0 atom stereocenters. The van der Waals surface area contributed by atoms with E-state index in [0.717, 1.165) is 25.5 Å². The minimum Gasteiger partial charge on any atom is -0.303 e. The average Bonchev–Trinajstić information content (AvgIpc) is 1.96. The number of unbranched alkanes of at least 4 members (excludes halogenated alkanes) is 4. The van der Waals surface area contributed by atoms with Crippen molar-refractivity contribution in [1.82, 2.24) is 0 Å². The lowest BCUT2D eigenvalue weighted by Gasteiger charge is -2.01. The van der Waals surface area contributed by atoms with Crippen molar-refractivity contribution in [2.24, 2.45) is 0 Å². The highest BCUT2D eigenvalue weighted by atomic mass is 32.2. The van der Waals surface area contributed by atoms with Crippen molar-refractivity contribution in [2.75, 3.05) is 0 Å². The highest BCUT2D eigenvalue weighted by Gasteiger charge is 1.94. The first-order valence-corrected chi connectivity index (χ1v) is 5.10. The van der Waals surface area contributed by atoms with Crippen LogP contribution in [0, 0.1) is 0 Å². The van der Waals surface area contributed by atoms with Crippen LogP contribution in [0.25, 0.3) is 0 Å². The van der Waals surface area contributed by atoms with E-state index >= 15 is 0 Å². The van der Waals surface area contributed by atoms with Crippen molar-refractivity contribution in [1.29, 1.82) is 0 Å². The molecule has 0 aliphatic heterocycles. The Morgan fingerprint density at radius 2 is 1.73 bits per heavy atom. The molecule has 1 nitrogen and oxygen atoms in total. The number of aldehydes is 1. The predicted molar refractivity (Wildman–Crippen MR) is 55.5 cm³/mol. The van der Waals surface area contributed by atoms with Crippen LogP contribution in [0.1, 0.15) is 38.5 Å². The lowest BCUT2D eigenvalue weighted by atomic mass is 10.1. The number of rotatable bonds is 7. The summed E-state index contributed by atoms with van der Waals surface area (Å²) >= 11 is 8.30. The van der Waals surface area contributed by atoms with Gasteiger partial charge < -0.3 is 4.79 Å². The summed E-state index contributed by atoms with van der Waals surface area (Å²) in [5, 5.41) is 0. The second kappa shape index (κ2) is 8.47. The van der Waals surface area contributed by atoms with Gasteiger partial charge in [-0.05, 0) is 12.8 Å². The fraction of sp³-hybridized carbons (Fsp3) is 0.875. The zero-order valence-corrected chi connectivity index (χ0v) is 8.49. The van der Waals surface area contributed by atoms with Crippen LogP contribution in [0.15, 0.2) is 0 Å². The Labute approximate surface area is 79.8 Å². The summed E-state index contributed by atoms with van der Waals surface area (Å²) in [7, 11) is 0. The van der Waals surface area contributed by atoms with Gasteiger partial charge in [-0.3, -0.25) is 0 Å². The van der Waals surface area contributed by atoms with Gasteiger partial charge in [-0.15, -0.1) is 0 Å². The molecule has 0 N–H and O–H groups in total. The molecule has 0 rings (SSSR count). The molecule has 0 aliphatic carbocycles. The molecule has 0 radical (unpaired) electrons. The van der Waals surface area contributed by atoms with Crippen LogP contribution >= 0.6 is 25.3 Å². The molecule has 0 heterocycles. The van der Waals surface area contributed by atoms with E-state index < -0.39 is 0 Å². The first kappa shape index (κ1) is 11.4. The third-order valence-electron chi connectivity index (χ3n) is 1.53. The maximum absolute atomic E-state index is 9.92. The molecule has 0 amide bonds. The highest BCUT2D eigenvalue weighted by molar-refractivity contribution is 7.99. The van der Waals surface area contributed by atoms with E-state index in [-0.39, 0.29) is 4.58 Å². The average molecular weight is 192 g/mol. The smallest absolute Gasteiger partial charge is 0.119 e. The van der Waals surface area contributed by atoms with Crippen LogP contribution in [0.4, 0.5) is 0 Å². The maximum Gasteiger partial charge on any atom is 0.119 e. The summed E-state index contributed by atoms with van der Waals surface area (Å²) in [6.07, 6.45) is 7.33. The Morgan fingerprint density at radius 3 is 2.27 bits per heavy atom. The van der Waals surface area contributed by atoms with Gasteiger partial charge in [-0.2, -0.15) is 25.3 Å². The molecule has 0 aliphatic rings. The second-order valence-electron chi connectivity index (χ2n) is 2.64. The van der Waals surface area contributed by atoms with Crippen molar-refractivity contribution in [3.05, 3.63) is 0 Å². The Hall–Kier alpha value is 0.370. The van der Waals surface area contributed by atoms with Gasteiger partial charge in [0.05, 0.1) is 0 Å². The van der Waals surface area contributed by atoms with Gasteiger partial charge in [-0.1, -0.05) is 19.3 Å². The topological polar surface area (TPSA) is 17.1 Å². The van der Waals surface area contributed by atoms with E-state index in [1.165, 1.54) is 12.8 Å². The van der Waals surface area contributed by atoms with E-state index in [1.54, 1.807) is 0 Å². The van der Waals surface area contributed by atoms with Crippen molar-refractivity contribution in [3.8, 4) is 0 Å². The zero-order valence-electron chi connectivity index (χ0n) is 6.70. The molecule has 0 bridgehead atoms. The summed E-state index contributed by atoms with van der Waals surface area (Å²) < 4.78 is 0.223. The fourth-order valence-corrected chi connectivity index (χ4v) is 1.27. The molecule has 0 aromatic heterocycles. The second-order valence-corrected chi connectivity index (χ2v) is 4.29. The molecule has 66 valence electrons. The van der Waals surface area contributed by atoms with Crippen LogP contribution in [0.2, 0.25) is 0 Å². The SMILES string of the molecule is O=CCCCCCCC(S)S. The number of hydrogen-bond acceptors (Lipinski definition) is 3. The highest BCUT2D eigenvalue weighted by Crippen LogP contribution is 2.12. The van der Waals surface area contributed by atoms with Gasteiger partial charge >= 0.3 is 0 Å². The van der Waals surface area contributed by atoms with Gasteiger partial charge in [0.15, 0.2) is 0 Å². The summed E-state index contributed by atoms with van der Waals surface area (Å²) in [5.41, 5.74) is 0. The molecule has 0 unspecified atom stereocenters. The minimum atomic E-state index is 0.223. The normalized spacial score (nSPS) is 10.5. The summed E-state index contributed by atoms with van der Waals surface area (Å²) in [5.74, 6) is 0. The van der Waals surface area contributed by atoms with Gasteiger partial charge in [-0.25, -0.2) is 0 Å². The number of hydrogen-bond donors (Lipinski definition) is 2. The van der Waals surface area contributed by atoms with Gasteiger partial charge in [0, 0.05) is 11.0 Å². The van der Waals surface area contributed by atoms with Crippen molar-refractivity contribution >= 4 is 31.5 Å². The van der Waals surface area contributed by atoms with Crippen molar-refractivity contribution < 1.29 is 4.79 Å². The number of carbonyl (C=O) groups is 1. The molecule has 0 fully saturated rings. The predicted octanol–water partition coefficient (Wildman–Crippen LogP) is 2.71. The zero-order chi connectivity index (χ0) is 8.53. The quantitative estimate of drug-likeness (QED) is 0.274. The lowest BCUT2D eigenvalue weighted by Crippen LogP contribution is -1.87. The van der Waals surface area contributed by atoms with E-state index in [1.807, 2.05) is 0 Å². The Bertz CT molecular complexity index is 94.1. The third kappa shape index (κ3) is 10.4. The first-order valence-electron chi connectivity index (χ1n) is 4.07. The molecule has 0 spiro atoms. The Balaban J connectivity index is 2.85. The van der Waals surface area contributed by atoms with Crippen molar-refractivity contribution in [3.63, 3.8) is 0 Å². The van der Waals surface area contributed by atoms with E-state index in [4.69, 9.17) is 0 Å². The Morgan fingerprint density at radius 1 is 1.09 bits per heavy atom. The van der Waals surface area contributed by atoms with Gasteiger partial charge in [0.25, 0.3) is 0 Å². The number of carbonyl (C=O) groups excluding carboxylic acids is 1. The standard InChI is InChI=1S/C8H16OS2/c9-7-5-3-1-2-4-6-8(10)11/h7-8,10-11H,1-6H2. The first-order chi connectivity index (χ1) is 5.27. The largest absolute Gasteiger partial charge is 0.303 e. The molecule has 0 aromatic rings. The maximum atomic E-state index is 9.92. The molecular weight excluding hydrogens is 176 g/mol. The van der Waals surface area contributed by atoms with Gasteiger partial charge in [0.1, 0.15) is 6.29 Å². The van der Waals surface area contributed by atoms with E-state index in [2.05, 4.69) is 25.3 Å². The van der Waals surface area contributed by atoms with Crippen LogP contribution in [0.3, 0.4) is 0 Å². The monoisotopic (exact) mass is 192 g/mol. The summed E-state index contributed by atoms with van der Waals surface area (Å²) in [6.45, 7) is 0. The molecule has 0 saturated heterocycles. The molecule has 0 aromatic carbocycles. The third-order valence-corrected chi connectivity index (χ3v) is 2.05. The van der Waals surface area contributed by atoms with Crippen LogP contribution in [-0.2, 0) is 4.79 Å². The van der Waals surface area contributed by atoms with E-state index in [9.17, 15) is 4.79 Å². The molecule has 0 saturated carbocycles. The molecule has 11 heavy (non-hydrogen) atoms. The number of thiol groups is 2. The van der Waals surface area contributed by atoms with Crippen LogP contribution in [-0.4, -0.2) is 10.9 Å². The summed E-state index contributed by atoms with van der Waals surface area (Å²) in [4.78, 5) is 9.92. The summed E-state index contributed by atoms with van der Waals surface area (Å²) in [6, 6.07) is 0. The lowest BCUT2D eigenvalue weighted by molar-refractivity contribution is -0.107. The molecular formula is C8H16OS2. The van der Waals surface area contributed by atoms with Crippen LogP contribution < -0.4 is 0 Å². The van der Waals surface area contributed by atoms with Gasteiger partial charge in [0.2, 0.25) is 0 Å². The van der Waals surface area contributed by atoms with E-state index in [0.29, 0.717) is 6.42 Å². The fourth-order valence-electron chi connectivity index (χ4n) is 0.908. The minimum absolute atomic E-state index is 0.223.